The number of hydrogen-bond donors (Lipinski definition) is 4. The van der Waals surface area contributed by atoms with Gasteiger partial charge >= 0.3 is 0 Å². The van der Waals surface area contributed by atoms with Crippen molar-refractivity contribution in [3.05, 3.63) is 47.5 Å². The number of benzene rings is 1. The lowest BCUT2D eigenvalue weighted by molar-refractivity contribution is -0.133. The number of allylic oxidation sites excluding steroid dienone is 2. The van der Waals surface area contributed by atoms with Gasteiger partial charge in [-0.2, -0.15) is 0 Å². The molecule has 1 fully saturated rings. The first-order chi connectivity index (χ1) is 11.5. The highest BCUT2D eigenvalue weighted by atomic mass is 16.5. The fraction of sp³-hybridized carbons (Fsp3) is 0.333. The zero-order valence-corrected chi connectivity index (χ0v) is 13.3. The molecule has 126 valence electrons. The second-order valence-electron chi connectivity index (χ2n) is 5.71. The number of carbonyl (C=O) groups is 2. The predicted octanol–water partition coefficient (Wildman–Crippen LogP) is 0.989. The third kappa shape index (κ3) is 5.23. The Labute approximate surface area is 140 Å². The van der Waals surface area contributed by atoms with Gasteiger partial charge in [-0.25, -0.2) is 5.48 Å². The second kappa shape index (κ2) is 8.29. The average Bonchev–Trinajstić information content (AvgIpc) is 3.40. The Bertz CT molecular complexity index is 679. The molecule has 0 bridgehead atoms. The molecule has 1 aliphatic rings. The van der Waals surface area contributed by atoms with Crippen LogP contribution >= 0.6 is 0 Å². The Morgan fingerprint density at radius 2 is 1.96 bits per heavy atom. The van der Waals surface area contributed by atoms with Gasteiger partial charge in [0.25, 0.3) is 11.8 Å². The molecule has 0 aromatic heterocycles. The molecule has 6 heteroatoms. The van der Waals surface area contributed by atoms with Gasteiger partial charge in [-0.05, 0) is 56.0 Å². The minimum absolute atomic E-state index is 0.325. The van der Waals surface area contributed by atoms with Crippen molar-refractivity contribution >= 4 is 11.8 Å². The lowest BCUT2D eigenvalue weighted by Crippen LogP contribution is -2.51. The molecule has 2 atom stereocenters. The Kier molecular flexibility index (Phi) is 6.13. The number of rotatable bonds is 5. The second-order valence-corrected chi connectivity index (χ2v) is 5.71. The number of hydroxylamine groups is 1. The van der Waals surface area contributed by atoms with Crippen molar-refractivity contribution in [3.63, 3.8) is 0 Å². The molecule has 1 aromatic carbocycles. The molecule has 1 aromatic rings. The summed E-state index contributed by atoms with van der Waals surface area (Å²) in [5, 5.41) is 20.5. The van der Waals surface area contributed by atoms with E-state index < -0.39 is 24.0 Å². The molecular weight excluding hydrogens is 308 g/mol. The molecular formula is C18H20N2O4. The van der Waals surface area contributed by atoms with Crippen LogP contribution in [-0.2, 0) is 4.79 Å². The van der Waals surface area contributed by atoms with Crippen LogP contribution in [-0.4, -0.2) is 34.3 Å². The zero-order chi connectivity index (χ0) is 17.5. The molecule has 0 unspecified atom stereocenters. The van der Waals surface area contributed by atoms with Gasteiger partial charge in [0.15, 0.2) is 0 Å². The van der Waals surface area contributed by atoms with Crippen LogP contribution < -0.4 is 10.8 Å². The molecule has 1 aliphatic carbocycles. The summed E-state index contributed by atoms with van der Waals surface area (Å²) >= 11 is 0. The number of nitrogens with one attached hydrogen (secondary N) is 2. The number of hydrogen-bond acceptors (Lipinski definition) is 4. The maximum Gasteiger partial charge on any atom is 0.268 e. The first-order valence-electron chi connectivity index (χ1n) is 7.72. The maximum atomic E-state index is 12.1. The first kappa shape index (κ1) is 17.7. The summed E-state index contributed by atoms with van der Waals surface area (Å²) in [6.45, 7) is 1.34. The van der Waals surface area contributed by atoms with Gasteiger partial charge in [0, 0.05) is 11.1 Å². The highest BCUT2D eigenvalue weighted by molar-refractivity contribution is 5.97. The number of aliphatic hydroxyl groups is 1. The van der Waals surface area contributed by atoms with E-state index in [1.807, 2.05) is 6.08 Å². The predicted molar refractivity (Wildman–Crippen MR) is 88.0 cm³/mol. The monoisotopic (exact) mass is 328 g/mol. The number of aliphatic hydroxyl groups excluding tert-OH is 1. The lowest BCUT2D eigenvalue weighted by atomic mass is 10.1. The molecule has 0 aliphatic heterocycles. The Morgan fingerprint density at radius 1 is 1.29 bits per heavy atom. The highest BCUT2D eigenvalue weighted by Crippen LogP contribution is 2.29. The molecule has 1 saturated carbocycles. The minimum atomic E-state index is -1.24. The van der Waals surface area contributed by atoms with Gasteiger partial charge in [-0.3, -0.25) is 14.8 Å². The fourth-order valence-electron chi connectivity index (χ4n) is 2.00. The van der Waals surface area contributed by atoms with Gasteiger partial charge in [-0.1, -0.05) is 17.9 Å². The normalized spacial score (nSPS) is 16.0. The van der Waals surface area contributed by atoms with Crippen LogP contribution in [0.25, 0.3) is 0 Å². The van der Waals surface area contributed by atoms with Crippen LogP contribution in [0.15, 0.2) is 36.4 Å². The van der Waals surface area contributed by atoms with Gasteiger partial charge < -0.3 is 10.4 Å². The van der Waals surface area contributed by atoms with Gasteiger partial charge in [-0.15, -0.1) is 0 Å². The highest BCUT2D eigenvalue weighted by Gasteiger charge is 2.25. The molecule has 0 saturated heterocycles. The van der Waals surface area contributed by atoms with Crippen molar-refractivity contribution in [2.24, 2.45) is 5.92 Å². The van der Waals surface area contributed by atoms with Crippen molar-refractivity contribution in [2.75, 3.05) is 0 Å². The molecule has 6 nitrogen and oxygen atoms in total. The van der Waals surface area contributed by atoms with Crippen molar-refractivity contribution < 1.29 is 19.9 Å². The van der Waals surface area contributed by atoms with E-state index in [2.05, 4.69) is 23.2 Å². The summed E-state index contributed by atoms with van der Waals surface area (Å²) in [5.74, 6) is 5.19. The smallest absolute Gasteiger partial charge is 0.268 e. The molecule has 24 heavy (non-hydrogen) atoms. The van der Waals surface area contributed by atoms with E-state index in [1.54, 1.807) is 24.3 Å². The molecule has 4 N–H and O–H groups in total. The Hall–Kier alpha value is -2.62. The van der Waals surface area contributed by atoms with Gasteiger partial charge in [0.2, 0.25) is 0 Å². The maximum absolute atomic E-state index is 12.1. The van der Waals surface area contributed by atoms with E-state index in [0.29, 0.717) is 11.5 Å². The van der Waals surface area contributed by atoms with Gasteiger partial charge in [0.05, 0.1) is 6.10 Å². The molecule has 0 spiro atoms. The molecule has 2 rings (SSSR count). The van der Waals surface area contributed by atoms with Crippen LogP contribution in [0.1, 0.15) is 35.7 Å². The van der Waals surface area contributed by atoms with Crippen LogP contribution in [0.5, 0.6) is 0 Å². The summed E-state index contributed by atoms with van der Waals surface area (Å²) in [5.41, 5.74) is 2.51. The summed E-state index contributed by atoms with van der Waals surface area (Å²) < 4.78 is 0. The van der Waals surface area contributed by atoms with E-state index >= 15 is 0 Å². The molecule has 0 radical (unpaired) electrons. The standard InChI is InChI=1S/C18H20N2O4/c1-12(21)16(18(23)20-24)19-17(22)15-10-8-14(9-11-15)5-3-2-4-13-6-7-13/h2,4,8-13,16,21,24H,6-7H2,1H3,(H,19,22)(H,20,23)/b4-2+/t12-,16+/m1/s1. The minimum Gasteiger partial charge on any atom is -0.391 e. The quantitative estimate of drug-likeness (QED) is 0.368. The van der Waals surface area contributed by atoms with Crippen molar-refractivity contribution in [1.82, 2.24) is 10.8 Å². The lowest BCUT2D eigenvalue weighted by Gasteiger charge is -2.19. The Morgan fingerprint density at radius 3 is 2.50 bits per heavy atom. The van der Waals surface area contributed by atoms with Gasteiger partial charge in [0.1, 0.15) is 6.04 Å². The van der Waals surface area contributed by atoms with E-state index in [-0.39, 0.29) is 0 Å². The van der Waals surface area contributed by atoms with E-state index in [4.69, 9.17) is 5.21 Å². The van der Waals surface area contributed by atoms with E-state index in [1.165, 1.54) is 25.2 Å². The molecule has 2 amide bonds. The topological polar surface area (TPSA) is 98.7 Å². The average molecular weight is 328 g/mol. The van der Waals surface area contributed by atoms with Crippen molar-refractivity contribution in [3.8, 4) is 11.8 Å². The summed E-state index contributed by atoms with van der Waals surface area (Å²) in [4.78, 5) is 23.5. The van der Waals surface area contributed by atoms with Crippen LogP contribution in [0.2, 0.25) is 0 Å². The van der Waals surface area contributed by atoms with Crippen molar-refractivity contribution in [2.45, 2.75) is 31.9 Å². The third-order valence-electron chi connectivity index (χ3n) is 3.60. The van der Waals surface area contributed by atoms with Crippen molar-refractivity contribution in [1.29, 1.82) is 0 Å². The Balaban J connectivity index is 1.98. The van der Waals surface area contributed by atoms with E-state index in [9.17, 15) is 14.7 Å². The third-order valence-corrected chi connectivity index (χ3v) is 3.60. The fourth-order valence-corrected chi connectivity index (χ4v) is 2.00. The van der Waals surface area contributed by atoms with Crippen LogP contribution in [0.3, 0.4) is 0 Å². The zero-order valence-electron chi connectivity index (χ0n) is 13.3. The van der Waals surface area contributed by atoms with E-state index in [0.717, 1.165) is 5.56 Å². The SMILES string of the molecule is C[C@@H](O)[C@H](NC(=O)c1ccc(C#C/C=C/C2CC2)cc1)C(=O)NO. The number of carbonyl (C=O) groups excluding carboxylic acids is 2. The first-order valence-corrected chi connectivity index (χ1v) is 7.72. The van der Waals surface area contributed by atoms with Crippen LogP contribution in [0, 0.1) is 17.8 Å². The summed E-state index contributed by atoms with van der Waals surface area (Å²) in [6, 6.07) is 5.33. The largest absolute Gasteiger partial charge is 0.391 e. The summed E-state index contributed by atoms with van der Waals surface area (Å²) in [6.07, 6.45) is 5.27. The number of amides is 2. The summed E-state index contributed by atoms with van der Waals surface area (Å²) in [7, 11) is 0. The molecule has 0 heterocycles. The van der Waals surface area contributed by atoms with Crippen LogP contribution in [0.4, 0.5) is 0 Å².